The summed E-state index contributed by atoms with van der Waals surface area (Å²) in [7, 11) is 0. The van der Waals surface area contributed by atoms with Crippen molar-refractivity contribution in [3.05, 3.63) is 47.0 Å². The maximum absolute atomic E-state index is 5.38. The van der Waals surface area contributed by atoms with Crippen molar-refractivity contribution >= 4 is 28.1 Å². The van der Waals surface area contributed by atoms with Gasteiger partial charge in [0.2, 0.25) is 0 Å². The molecule has 0 atom stereocenters. The molecule has 0 aliphatic heterocycles. The van der Waals surface area contributed by atoms with Gasteiger partial charge in [0.05, 0.1) is 11.6 Å². The second-order valence-electron chi connectivity index (χ2n) is 5.21. The van der Waals surface area contributed by atoms with Crippen LogP contribution in [-0.2, 0) is 5.41 Å². The van der Waals surface area contributed by atoms with Crippen LogP contribution in [-0.4, -0.2) is 11.5 Å². The van der Waals surface area contributed by atoms with Gasteiger partial charge in [0.1, 0.15) is 11.4 Å². The zero-order valence-electron chi connectivity index (χ0n) is 11.0. The van der Waals surface area contributed by atoms with Crippen LogP contribution in [0.25, 0.3) is 11.0 Å². The summed E-state index contributed by atoms with van der Waals surface area (Å²) in [6.07, 6.45) is 3.47. The highest BCUT2D eigenvalue weighted by atomic mass is 32.1. The van der Waals surface area contributed by atoms with Gasteiger partial charge in [-0.1, -0.05) is 19.9 Å². The van der Waals surface area contributed by atoms with E-state index in [1.54, 1.807) is 23.8 Å². The molecule has 3 rings (SSSR count). The van der Waals surface area contributed by atoms with Crippen molar-refractivity contribution in [2.75, 3.05) is 11.9 Å². The van der Waals surface area contributed by atoms with Gasteiger partial charge in [-0.25, -0.2) is 4.98 Å². The fourth-order valence-corrected chi connectivity index (χ4v) is 2.94. The highest BCUT2D eigenvalue weighted by Crippen LogP contribution is 2.29. The van der Waals surface area contributed by atoms with Gasteiger partial charge in [0.25, 0.3) is 0 Å². The number of nitrogens with zero attached hydrogens (tertiary/aromatic N) is 1. The average molecular weight is 272 g/mol. The van der Waals surface area contributed by atoms with Crippen LogP contribution in [0.2, 0.25) is 0 Å². The number of furan rings is 1. The quantitative estimate of drug-likeness (QED) is 0.770. The fourth-order valence-electron chi connectivity index (χ4n) is 2.09. The number of aromatic nitrogens is 1. The van der Waals surface area contributed by atoms with Crippen LogP contribution in [0.5, 0.6) is 0 Å². The lowest BCUT2D eigenvalue weighted by Gasteiger charge is -2.24. The zero-order valence-corrected chi connectivity index (χ0v) is 11.8. The first-order chi connectivity index (χ1) is 9.17. The molecular formula is C15H16N2OS. The molecule has 0 fully saturated rings. The molecule has 0 aliphatic carbocycles. The molecule has 3 aromatic heterocycles. The van der Waals surface area contributed by atoms with Crippen molar-refractivity contribution in [2.24, 2.45) is 0 Å². The van der Waals surface area contributed by atoms with E-state index in [2.05, 4.69) is 41.7 Å². The van der Waals surface area contributed by atoms with Gasteiger partial charge in [-0.15, -0.1) is 11.3 Å². The normalized spacial score (nSPS) is 11.9. The van der Waals surface area contributed by atoms with Crippen LogP contribution in [0.15, 0.2) is 46.5 Å². The van der Waals surface area contributed by atoms with Gasteiger partial charge in [-0.2, -0.15) is 0 Å². The van der Waals surface area contributed by atoms with Gasteiger partial charge in [0.15, 0.2) is 0 Å². The van der Waals surface area contributed by atoms with Crippen LogP contribution in [0, 0.1) is 0 Å². The molecule has 0 amide bonds. The summed E-state index contributed by atoms with van der Waals surface area (Å²) in [5.41, 5.74) is 0.952. The van der Waals surface area contributed by atoms with Crippen molar-refractivity contribution in [3.63, 3.8) is 0 Å². The van der Waals surface area contributed by atoms with Crippen molar-refractivity contribution < 1.29 is 4.42 Å². The van der Waals surface area contributed by atoms with Gasteiger partial charge < -0.3 is 9.73 Å². The summed E-state index contributed by atoms with van der Waals surface area (Å²) in [5, 5.41) is 6.59. The third-order valence-corrected chi connectivity index (χ3v) is 4.50. The third kappa shape index (κ3) is 2.36. The lowest BCUT2D eigenvalue weighted by atomic mass is 9.91. The summed E-state index contributed by atoms with van der Waals surface area (Å²) in [6, 6.07) is 8.10. The minimum absolute atomic E-state index is 0.0851. The van der Waals surface area contributed by atoms with Gasteiger partial charge in [-0.05, 0) is 23.6 Å². The van der Waals surface area contributed by atoms with Crippen LogP contribution in [0.4, 0.5) is 5.82 Å². The SMILES string of the molecule is CC(C)(CNc1nccc2occc12)c1cccs1. The Bertz CT molecular complexity index is 670. The summed E-state index contributed by atoms with van der Waals surface area (Å²) < 4.78 is 5.38. The maximum atomic E-state index is 5.38. The number of nitrogens with one attached hydrogen (secondary N) is 1. The summed E-state index contributed by atoms with van der Waals surface area (Å²) >= 11 is 1.79. The molecule has 0 aromatic carbocycles. The fraction of sp³-hybridized carbons (Fsp3) is 0.267. The van der Waals surface area contributed by atoms with Gasteiger partial charge in [0, 0.05) is 23.0 Å². The van der Waals surface area contributed by atoms with E-state index >= 15 is 0 Å². The van der Waals surface area contributed by atoms with Gasteiger partial charge >= 0.3 is 0 Å². The van der Waals surface area contributed by atoms with E-state index in [0.29, 0.717) is 0 Å². The molecule has 3 nitrogen and oxygen atoms in total. The van der Waals surface area contributed by atoms with Crippen molar-refractivity contribution in [3.8, 4) is 0 Å². The Morgan fingerprint density at radius 1 is 1.32 bits per heavy atom. The number of hydrogen-bond donors (Lipinski definition) is 1. The Labute approximate surface area is 116 Å². The molecule has 98 valence electrons. The van der Waals surface area contributed by atoms with E-state index in [0.717, 1.165) is 23.3 Å². The maximum Gasteiger partial charge on any atom is 0.139 e. The minimum Gasteiger partial charge on any atom is -0.464 e. The lowest BCUT2D eigenvalue weighted by molar-refractivity contribution is 0.568. The predicted molar refractivity (Wildman–Crippen MR) is 79.8 cm³/mol. The van der Waals surface area contributed by atoms with Crippen LogP contribution in [0.3, 0.4) is 0 Å². The summed E-state index contributed by atoms with van der Waals surface area (Å²) in [4.78, 5) is 5.77. The molecule has 1 N–H and O–H groups in total. The third-order valence-electron chi connectivity index (χ3n) is 3.27. The van der Waals surface area contributed by atoms with E-state index in [1.807, 2.05) is 12.1 Å². The smallest absolute Gasteiger partial charge is 0.139 e. The highest BCUT2D eigenvalue weighted by Gasteiger charge is 2.22. The molecular weight excluding hydrogens is 256 g/mol. The number of rotatable bonds is 4. The molecule has 19 heavy (non-hydrogen) atoms. The molecule has 3 aromatic rings. The van der Waals surface area contributed by atoms with E-state index < -0.39 is 0 Å². The molecule has 0 bridgehead atoms. The molecule has 0 unspecified atom stereocenters. The molecule has 0 saturated heterocycles. The number of anilines is 1. The number of fused-ring (bicyclic) bond motifs is 1. The van der Waals surface area contributed by atoms with Crippen LogP contribution in [0.1, 0.15) is 18.7 Å². The topological polar surface area (TPSA) is 38.1 Å². The molecule has 3 heterocycles. The Kier molecular flexibility index (Phi) is 3.03. The summed E-state index contributed by atoms with van der Waals surface area (Å²) in [5.74, 6) is 0.885. The second kappa shape index (κ2) is 4.70. The number of pyridine rings is 1. The van der Waals surface area contributed by atoms with E-state index in [9.17, 15) is 0 Å². The van der Waals surface area contributed by atoms with E-state index in [4.69, 9.17) is 4.42 Å². The largest absolute Gasteiger partial charge is 0.464 e. The lowest BCUT2D eigenvalue weighted by Crippen LogP contribution is -2.26. The minimum atomic E-state index is 0.0851. The van der Waals surface area contributed by atoms with Crippen LogP contribution < -0.4 is 5.32 Å². The molecule has 0 aliphatic rings. The summed E-state index contributed by atoms with van der Waals surface area (Å²) in [6.45, 7) is 5.31. The highest BCUT2D eigenvalue weighted by molar-refractivity contribution is 7.10. The molecule has 0 saturated carbocycles. The Morgan fingerprint density at radius 2 is 2.21 bits per heavy atom. The standard InChI is InChI=1S/C15H16N2OS/c1-15(2,13-4-3-9-19-13)10-17-14-11-6-8-18-12(11)5-7-16-14/h3-9H,10H2,1-2H3,(H,16,17). The Hall–Kier alpha value is -1.81. The second-order valence-corrected chi connectivity index (χ2v) is 6.15. The number of thiophene rings is 1. The first-order valence-electron chi connectivity index (χ1n) is 6.27. The molecule has 0 radical (unpaired) electrons. The number of hydrogen-bond acceptors (Lipinski definition) is 4. The Balaban J connectivity index is 1.81. The molecule has 4 heteroatoms. The first-order valence-corrected chi connectivity index (χ1v) is 7.15. The van der Waals surface area contributed by atoms with Crippen LogP contribution >= 0.6 is 11.3 Å². The predicted octanol–water partition coefficient (Wildman–Crippen LogP) is 4.28. The van der Waals surface area contributed by atoms with Gasteiger partial charge in [-0.3, -0.25) is 0 Å². The molecule has 0 spiro atoms. The van der Waals surface area contributed by atoms with E-state index in [1.165, 1.54) is 4.88 Å². The Morgan fingerprint density at radius 3 is 3.00 bits per heavy atom. The zero-order chi connectivity index (χ0) is 13.3. The van der Waals surface area contributed by atoms with E-state index in [-0.39, 0.29) is 5.41 Å². The average Bonchev–Trinajstić information content (AvgIpc) is 3.07. The van der Waals surface area contributed by atoms with Crippen molar-refractivity contribution in [1.82, 2.24) is 4.98 Å². The van der Waals surface area contributed by atoms with Crippen molar-refractivity contribution in [1.29, 1.82) is 0 Å². The van der Waals surface area contributed by atoms with Crippen molar-refractivity contribution in [2.45, 2.75) is 19.3 Å². The monoisotopic (exact) mass is 272 g/mol. The first kappa shape index (κ1) is 12.2.